The number of aromatic nitrogens is 5. The first-order valence-corrected chi connectivity index (χ1v) is 10.6. The van der Waals surface area contributed by atoms with Crippen molar-refractivity contribution in [2.45, 2.75) is 43.0 Å². The molecule has 0 bridgehead atoms. The topological polar surface area (TPSA) is 106 Å². The molecule has 2 aromatic rings. The lowest BCUT2D eigenvalue weighted by Crippen LogP contribution is -2.38. The van der Waals surface area contributed by atoms with Crippen molar-refractivity contribution in [3.8, 4) is 0 Å². The summed E-state index contributed by atoms with van der Waals surface area (Å²) in [5, 5.41) is 7.75. The number of hydrogen-bond donors (Lipinski definition) is 0. The summed E-state index contributed by atoms with van der Waals surface area (Å²) in [4.78, 5) is 18.0. The van der Waals surface area contributed by atoms with E-state index in [0.717, 1.165) is 17.1 Å². The van der Waals surface area contributed by atoms with Gasteiger partial charge in [0.1, 0.15) is 6.17 Å². The summed E-state index contributed by atoms with van der Waals surface area (Å²) < 4.78 is 43.9. The monoisotopic (exact) mass is 411 g/mol. The number of sulfonamides is 1. The Bertz CT molecular complexity index is 967. The second kappa shape index (κ2) is 7.24. The lowest BCUT2D eigenvalue weighted by Gasteiger charge is -2.22. The summed E-state index contributed by atoms with van der Waals surface area (Å²) in [7, 11) is -2.25. The molecule has 12 heteroatoms. The molecule has 4 heterocycles. The average molecular weight is 411 g/mol. The lowest BCUT2D eigenvalue weighted by molar-refractivity contribution is 0.0787. The van der Waals surface area contributed by atoms with Gasteiger partial charge in [0.05, 0.1) is 19.1 Å². The van der Waals surface area contributed by atoms with Gasteiger partial charge in [0.25, 0.3) is 15.9 Å². The summed E-state index contributed by atoms with van der Waals surface area (Å²) in [5.41, 5.74) is 0.218. The summed E-state index contributed by atoms with van der Waals surface area (Å²) >= 11 is 0. The molecule has 2 atom stereocenters. The van der Waals surface area contributed by atoms with Crippen molar-refractivity contribution in [3.63, 3.8) is 0 Å². The summed E-state index contributed by atoms with van der Waals surface area (Å²) in [6.07, 6.45) is 5.01. The number of carbonyl (C=O) groups is 1. The highest BCUT2D eigenvalue weighted by Gasteiger charge is 2.41. The number of carbonyl (C=O) groups excluding carboxylic acids is 1. The SMILES string of the molecule is Cn1cnc(S(=O)(=O)N2C[C@@H](F)C[C@H]2Cn2cc(C(=O)N3CCCC3)nn2)c1. The Hall–Kier alpha value is -2.34. The van der Waals surface area contributed by atoms with Gasteiger partial charge in [-0.25, -0.2) is 17.8 Å². The van der Waals surface area contributed by atoms with E-state index in [1.54, 1.807) is 11.9 Å². The van der Waals surface area contributed by atoms with Crippen LogP contribution in [0.5, 0.6) is 0 Å². The molecule has 1 amide bonds. The number of likely N-dealkylation sites (tertiary alicyclic amines) is 1. The van der Waals surface area contributed by atoms with Crippen LogP contribution in [-0.4, -0.2) is 79.9 Å². The third kappa shape index (κ3) is 3.53. The molecular formula is C16H22FN7O3S. The van der Waals surface area contributed by atoms with Crippen molar-refractivity contribution in [1.29, 1.82) is 0 Å². The van der Waals surface area contributed by atoms with E-state index in [0.29, 0.717) is 13.1 Å². The molecule has 0 aliphatic carbocycles. The molecule has 2 saturated heterocycles. The molecule has 2 aliphatic heterocycles. The molecule has 0 saturated carbocycles. The first-order valence-electron chi connectivity index (χ1n) is 9.18. The molecular weight excluding hydrogens is 389 g/mol. The Labute approximate surface area is 162 Å². The second-order valence-electron chi connectivity index (χ2n) is 7.26. The zero-order valence-electron chi connectivity index (χ0n) is 15.5. The third-order valence-electron chi connectivity index (χ3n) is 5.12. The zero-order chi connectivity index (χ0) is 19.9. The Morgan fingerprint density at radius 3 is 2.71 bits per heavy atom. The van der Waals surface area contributed by atoms with E-state index in [2.05, 4.69) is 15.3 Å². The number of aryl methyl sites for hydroxylation is 1. The van der Waals surface area contributed by atoms with Crippen LogP contribution in [0.15, 0.2) is 23.7 Å². The zero-order valence-corrected chi connectivity index (χ0v) is 16.3. The average Bonchev–Trinajstić information content (AvgIpc) is 3.41. The second-order valence-corrected chi connectivity index (χ2v) is 9.10. The van der Waals surface area contributed by atoms with E-state index in [9.17, 15) is 17.6 Å². The van der Waals surface area contributed by atoms with Crippen molar-refractivity contribution in [1.82, 2.24) is 33.8 Å². The van der Waals surface area contributed by atoms with Gasteiger partial charge in [-0.05, 0) is 19.3 Å². The van der Waals surface area contributed by atoms with Crippen molar-refractivity contribution >= 4 is 15.9 Å². The first kappa shape index (κ1) is 19.0. The third-order valence-corrected chi connectivity index (χ3v) is 6.92. The highest BCUT2D eigenvalue weighted by atomic mass is 32.2. The fourth-order valence-corrected chi connectivity index (χ4v) is 5.34. The summed E-state index contributed by atoms with van der Waals surface area (Å²) in [5.74, 6) is -0.184. The van der Waals surface area contributed by atoms with Crippen molar-refractivity contribution in [2.24, 2.45) is 7.05 Å². The van der Waals surface area contributed by atoms with Gasteiger partial charge in [-0.2, -0.15) is 4.31 Å². The van der Waals surface area contributed by atoms with Gasteiger partial charge in [-0.15, -0.1) is 5.10 Å². The maximum absolute atomic E-state index is 14.1. The van der Waals surface area contributed by atoms with Crippen LogP contribution in [0.4, 0.5) is 4.39 Å². The van der Waals surface area contributed by atoms with Gasteiger partial charge in [-0.3, -0.25) is 9.48 Å². The van der Waals surface area contributed by atoms with Gasteiger partial charge in [-0.1, -0.05) is 5.21 Å². The minimum absolute atomic E-state index is 0.0569. The molecule has 10 nitrogen and oxygen atoms in total. The molecule has 152 valence electrons. The standard InChI is InChI=1S/C16H22FN7O3S/c1-21-10-15(18-11-21)28(26,27)24-7-12(17)6-13(24)8-23-9-14(19-20-23)16(25)22-4-2-3-5-22/h9-13H,2-8H2,1H3/t12-,13-/m0/s1. The quantitative estimate of drug-likeness (QED) is 0.688. The van der Waals surface area contributed by atoms with Crippen molar-refractivity contribution in [2.75, 3.05) is 19.6 Å². The molecule has 4 rings (SSSR count). The maximum atomic E-state index is 14.1. The Morgan fingerprint density at radius 2 is 2.04 bits per heavy atom. The fourth-order valence-electron chi connectivity index (χ4n) is 3.72. The minimum Gasteiger partial charge on any atom is -0.339 e. The van der Waals surface area contributed by atoms with Crippen LogP contribution in [0.3, 0.4) is 0 Å². The summed E-state index contributed by atoms with van der Waals surface area (Å²) in [6.45, 7) is 1.30. The normalized spacial score (nSPS) is 23.6. The molecule has 0 unspecified atom stereocenters. The van der Waals surface area contributed by atoms with Crippen LogP contribution in [-0.2, 0) is 23.6 Å². The molecule has 28 heavy (non-hydrogen) atoms. The van der Waals surface area contributed by atoms with E-state index in [1.165, 1.54) is 28.0 Å². The predicted molar refractivity (Wildman–Crippen MR) is 95.6 cm³/mol. The highest BCUT2D eigenvalue weighted by molar-refractivity contribution is 7.89. The molecule has 2 aliphatic rings. The number of amides is 1. The summed E-state index contributed by atoms with van der Waals surface area (Å²) in [6, 6.07) is -0.626. The Balaban J connectivity index is 1.51. The maximum Gasteiger partial charge on any atom is 0.276 e. The smallest absolute Gasteiger partial charge is 0.276 e. The molecule has 0 aromatic carbocycles. The van der Waals surface area contributed by atoms with Crippen LogP contribution < -0.4 is 0 Å². The first-order chi connectivity index (χ1) is 13.3. The van der Waals surface area contributed by atoms with E-state index in [-0.39, 0.29) is 36.1 Å². The molecule has 2 fully saturated rings. The number of alkyl halides is 1. The van der Waals surface area contributed by atoms with Crippen LogP contribution in [0.1, 0.15) is 29.8 Å². The largest absolute Gasteiger partial charge is 0.339 e. The number of nitrogens with zero attached hydrogens (tertiary/aromatic N) is 7. The Morgan fingerprint density at radius 1 is 1.29 bits per heavy atom. The van der Waals surface area contributed by atoms with Gasteiger partial charge in [0.2, 0.25) is 0 Å². The van der Waals surface area contributed by atoms with E-state index < -0.39 is 22.2 Å². The van der Waals surface area contributed by atoms with E-state index >= 15 is 0 Å². The van der Waals surface area contributed by atoms with E-state index in [4.69, 9.17) is 0 Å². The minimum atomic E-state index is -3.92. The van der Waals surface area contributed by atoms with Gasteiger partial charge in [0, 0.05) is 38.9 Å². The predicted octanol–water partition coefficient (Wildman–Crippen LogP) is 0.0489. The van der Waals surface area contributed by atoms with Crippen molar-refractivity contribution < 1.29 is 17.6 Å². The molecule has 0 radical (unpaired) electrons. The van der Waals surface area contributed by atoms with Gasteiger partial charge in [0.15, 0.2) is 10.7 Å². The fraction of sp³-hybridized carbons (Fsp3) is 0.625. The van der Waals surface area contributed by atoms with Crippen molar-refractivity contribution in [3.05, 3.63) is 24.4 Å². The molecule has 2 aromatic heterocycles. The Kier molecular flexibility index (Phi) is 4.91. The number of hydrogen-bond acceptors (Lipinski definition) is 6. The van der Waals surface area contributed by atoms with Gasteiger partial charge >= 0.3 is 0 Å². The number of imidazole rings is 1. The highest BCUT2D eigenvalue weighted by Crippen LogP contribution is 2.28. The van der Waals surface area contributed by atoms with Crippen LogP contribution >= 0.6 is 0 Å². The van der Waals surface area contributed by atoms with Crippen LogP contribution in [0.2, 0.25) is 0 Å². The van der Waals surface area contributed by atoms with Gasteiger partial charge < -0.3 is 9.47 Å². The number of rotatable bonds is 5. The number of halogens is 1. The van der Waals surface area contributed by atoms with E-state index in [1.807, 2.05) is 0 Å². The molecule has 0 N–H and O–H groups in total. The van der Waals surface area contributed by atoms with Crippen LogP contribution in [0.25, 0.3) is 0 Å². The molecule has 0 spiro atoms. The lowest BCUT2D eigenvalue weighted by atomic mass is 10.2. The van der Waals surface area contributed by atoms with Crippen LogP contribution in [0, 0.1) is 0 Å².